The molecule has 1 saturated heterocycles. The van der Waals surface area contributed by atoms with Gasteiger partial charge in [0.15, 0.2) is 0 Å². The van der Waals surface area contributed by atoms with Crippen molar-refractivity contribution in [1.82, 2.24) is 4.31 Å². The van der Waals surface area contributed by atoms with Crippen molar-refractivity contribution in [3.8, 4) is 0 Å². The van der Waals surface area contributed by atoms with Crippen LogP contribution < -0.4 is 5.73 Å². The van der Waals surface area contributed by atoms with Crippen LogP contribution in [0.5, 0.6) is 0 Å². The van der Waals surface area contributed by atoms with E-state index in [4.69, 9.17) is 17.3 Å². The average Bonchev–Trinajstić information content (AvgIpc) is 2.57. The summed E-state index contributed by atoms with van der Waals surface area (Å²) >= 11 is 5.79. The van der Waals surface area contributed by atoms with E-state index in [1.807, 2.05) is 0 Å². The van der Waals surface area contributed by atoms with Gasteiger partial charge in [-0.1, -0.05) is 24.4 Å². The van der Waals surface area contributed by atoms with Crippen LogP contribution in [0, 0.1) is 0 Å². The van der Waals surface area contributed by atoms with E-state index in [1.54, 1.807) is 6.07 Å². The second-order valence-corrected chi connectivity index (χ2v) is 6.84. The summed E-state index contributed by atoms with van der Waals surface area (Å²) < 4.78 is 26.5. The summed E-state index contributed by atoms with van der Waals surface area (Å²) in [4.78, 5) is 0.161. The maximum absolute atomic E-state index is 12.5. The Bertz CT molecular complexity index is 523. The molecule has 0 amide bonds. The molecule has 0 unspecified atom stereocenters. The van der Waals surface area contributed by atoms with Crippen LogP contribution in [0.15, 0.2) is 23.1 Å². The summed E-state index contributed by atoms with van der Waals surface area (Å²) in [7, 11) is -3.48. The Hall–Kier alpha value is -0.780. The third kappa shape index (κ3) is 2.79. The number of anilines is 1. The quantitative estimate of drug-likeness (QED) is 0.851. The van der Waals surface area contributed by atoms with E-state index in [-0.39, 0.29) is 10.6 Å². The minimum atomic E-state index is -3.48. The van der Waals surface area contributed by atoms with Crippen LogP contribution in [-0.4, -0.2) is 25.8 Å². The number of sulfonamides is 1. The number of hydrogen-bond acceptors (Lipinski definition) is 3. The molecule has 0 saturated carbocycles. The van der Waals surface area contributed by atoms with Crippen LogP contribution in [-0.2, 0) is 10.0 Å². The fraction of sp³-hybridized carbons (Fsp3) is 0.500. The second kappa shape index (κ2) is 5.47. The van der Waals surface area contributed by atoms with E-state index in [1.165, 1.54) is 16.4 Å². The largest absolute Gasteiger partial charge is 0.398 e. The van der Waals surface area contributed by atoms with Crippen molar-refractivity contribution in [1.29, 1.82) is 0 Å². The maximum atomic E-state index is 12.5. The number of hydrogen-bond donors (Lipinski definition) is 1. The van der Waals surface area contributed by atoms with Gasteiger partial charge in [0.25, 0.3) is 0 Å². The molecule has 0 radical (unpaired) electrons. The highest BCUT2D eigenvalue weighted by molar-refractivity contribution is 7.89. The summed E-state index contributed by atoms with van der Waals surface area (Å²) in [6, 6.07) is 4.52. The molecule has 18 heavy (non-hydrogen) atoms. The molecule has 4 nitrogen and oxygen atoms in total. The van der Waals surface area contributed by atoms with Crippen LogP contribution in [0.2, 0.25) is 5.02 Å². The molecule has 0 atom stereocenters. The van der Waals surface area contributed by atoms with Crippen LogP contribution in [0.1, 0.15) is 25.7 Å². The van der Waals surface area contributed by atoms with Crippen LogP contribution in [0.3, 0.4) is 0 Å². The molecule has 0 aliphatic carbocycles. The Balaban J connectivity index is 2.34. The molecule has 6 heteroatoms. The Morgan fingerprint density at radius 3 is 2.28 bits per heavy atom. The Morgan fingerprint density at radius 1 is 1.11 bits per heavy atom. The summed E-state index contributed by atoms with van der Waals surface area (Å²) in [5.74, 6) is 0. The molecule has 1 aromatic rings. The topological polar surface area (TPSA) is 63.4 Å². The molecule has 2 rings (SSSR count). The predicted molar refractivity (Wildman–Crippen MR) is 73.1 cm³/mol. The lowest BCUT2D eigenvalue weighted by Gasteiger charge is -2.20. The first-order valence-electron chi connectivity index (χ1n) is 6.07. The normalized spacial score (nSPS) is 18.5. The fourth-order valence-corrected chi connectivity index (χ4v) is 3.97. The van der Waals surface area contributed by atoms with Gasteiger partial charge in [-0.3, -0.25) is 0 Å². The lowest BCUT2D eigenvalue weighted by Crippen LogP contribution is -2.32. The zero-order valence-electron chi connectivity index (χ0n) is 10.1. The van der Waals surface area contributed by atoms with Crippen molar-refractivity contribution in [3.05, 3.63) is 23.2 Å². The number of nitrogens with zero attached hydrogens (tertiary/aromatic N) is 1. The first-order chi connectivity index (χ1) is 8.51. The molecule has 1 aliphatic heterocycles. The van der Waals surface area contributed by atoms with Crippen molar-refractivity contribution >= 4 is 27.3 Å². The summed E-state index contributed by atoms with van der Waals surface area (Å²) in [5.41, 5.74) is 5.98. The third-order valence-electron chi connectivity index (χ3n) is 3.15. The van der Waals surface area contributed by atoms with E-state index >= 15 is 0 Å². The molecule has 2 N–H and O–H groups in total. The van der Waals surface area contributed by atoms with Crippen molar-refractivity contribution in [3.63, 3.8) is 0 Å². The van der Waals surface area contributed by atoms with E-state index in [9.17, 15) is 8.42 Å². The molecule has 1 fully saturated rings. The Labute approximate surface area is 113 Å². The molecule has 0 spiro atoms. The lowest BCUT2D eigenvalue weighted by molar-refractivity contribution is 0.424. The monoisotopic (exact) mass is 288 g/mol. The lowest BCUT2D eigenvalue weighted by atomic mass is 10.2. The first kappa shape index (κ1) is 13.6. The molecule has 1 aromatic carbocycles. The molecular formula is C12H17ClN2O2S. The van der Waals surface area contributed by atoms with Crippen LogP contribution in [0.25, 0.3) is 0 Å². The van der Waals surface area contributed by atoms with Gasteiger partial charge >= 0.3 is 0 Å². The van der Waals surface area contributed by atoms with Gasteiger partial charge in [-0.2, -0.15) is 4.31 Å². The number of halogens is 1. The van der Waals surface area contributed by atoms with Gasteiger partial charge in [0.05, 0.1) is 5.69 Å². The van der Waals surface area contributed by atoms with E-state index in [2.05, 4.69) is 0 Å². The average molecular weight is 289 g/mol. The maximum Gasteiger partial charge on any atom is 0.245 e. The first-order valence-corrected chi connectivity index (χ1v) is 7.89. The molecule has 0 bridgehead atoms. The zero-order chi connectivity index (χ0) is 13.2. The smallest absolute Gasteiger partial charge is 0.245 e. The van der Waals surface area contributed by atoms with Gasteiger partial charge in [0.2, 0.25) is 10.0 Å². The minimum absolute atomic E-state index is 0.161. The van der Waals surface area contributed by atoms with Crippen molar-refractivity contribution in [2.75, 3.05) is 18.8 Å². The van der Waals surface area contributed by atoms with Crippen LogP contribution >= 0.6 is 11.6 Å². The standard InChI is InChI=1S/C12H17ClN2O2S/c13-10-5-6-12(11(14)9-10)18(16,17)15-7-3-1-2-4-8-15/h5-6,9H,1-4,7-8,14H2. The molecule has 0 aromatic heterocycles. The highest BCUT2D eigenvalue weighted by Gasteiger charge is 2.26. The van der Waals surface area contributed by atoms with Crippen molar-refractivity contribution in [2.24, 2.45) is 0 Å². The Kier molecular flexibility index (Phi) is 4.14. The number of nitrogen functional groups attached to an aromatic ring is 1. The van der Waals surface area contributed by atoms with Crippen molar-refractivity contribution < 1.29 is 8.42 Å². The number of nitrogens with two attached hydrogens (primary N) is 1. The van der Waals surface area contributed by atoms with Gasteiger partial charge in [0, 0.05) is 18.1 Å². The van der Waals surface area contributed by atoms with E-state index in [0.717, 1.165) is 25.7 Å². The predicted octanol–water partition coefficient (Wildman–Crippen LogP) is 2.49. The summed E-state index contributed by atoms with van der Waals surface area (Å²) in [6.45, 7) is 1.15. The second-order valence-electron chi connectivity index (χ2n) is 4.50. The summed E-state index contributed by atoms with van der Waals surface area (Å²) in [6.07, 6.45) is 3.99. The number of rotatable bonds is 2. The van der Waals surface area contributed by atoms with Gasteiger partial charge in [0.1, 0.15) is 4.90 Å². The summed E-state index contributed by atoms with van der Waals surface area (Å²) in [5, 5.41) is 0.447. The minimum Gasteiger partial charge on any atom is -0.398 e. The highest BCUT2D eigenvalue weighted by atomic mass is 35.5. The SMILES string of the molecule is Nc1cc(Cl)ccc1S(=O)(=O)N1CCCCCC1. The van der Waals surface area contributed by atoms with Crippen molar-refractivity contribution in [2.45, 2.75) is 30.6 Å². The third-order valence-corrected chi connectivity index (χ3v) is 5.36. The van der Waals surface area contributed by atoms with E-state index < -0.39 is 10.0 Å². The molecule has 1 aliphatic rings. The number of benzene rings is 1. The van der Waals surface area contributed by atoms with Gasteiger partial charge < -0.3 is 5.73 Å². The molecular weight excluding hydrogens is 272 g/mol. The highest BCUT2D eigenvalue weighted by Crippen LogP contribution is 2.27. The van der Waals surface area contributed by atoms with Gasteiger partial charge in [-0.25, -0.2) is 8.42 Å². The van der Waals surface area contributed by atoms with Gasteiger partial charge in [-0.15, -0.1) is 0 Å². The van der Waals surface area contributed by atoms with E-state index in [0.29, 0.717) is 18.1 Å². The van der Waals surface area contributed by atoms with Gasteiger partial charge in [-0.05, 0) is 31.0 Å². The molecule has 1 heterocycles. The molecule has 100 valence electrons. The Morgan fingerprint density at radius 2 is 1.72 bits per heavy atom. The zero-order valence-corrected chi connectivity index (χ0v) is 11.7. The fourth-order valence-electron chi connectivity index (χ4n) is 2.18. The van der Waals surface area contributed by atoms with Crippen LogP contribution in [0.4, 0.5) is 5.69 Å².